The standard InChI is InChI=1S/C53H80N14O15S/c1-29(2)22-36(45(74)59-26-42(70)60-35(52(81)82)13-8-20-58-53(56)57)64-50(79)41-14-9-21-67(41)51(80)40(28-83)66-48(77)38(25-43(71)72)63-46(75)34(12-6-7-19-54)61-47(76)37(24-30-10-4-3-5-11-30)62-49(78)39(27-68)65-44(73)33(55)23-31-15-17-32(69)18-16-31/h3-5,10-11,15-18,29,33-41,68-69,83H,6-9,12-14,19-28,54-55H2,1-2H3,(H,59,74)(H,60,70)(H,61,76)(H,62,78)(H,63,75)(H,64,79)(H,65,73)(H,66,77)(H,71,72)(H,81,82)(H4,56,57,58)/t33-,34-,35-,36-,37-,38-,39-,40-,41-/m0/s1. The third-order valence-corrected chi connectivity index (χ3v) is 13.4. The largest absolute Gasteiger partial charge is 0.508 e. The van der Waals surface area contributed by atoms with Gasteiger partial charge in [0.2, 0.25) is 53.2 Å². The van der Waals surface area contributed by atoms with E-state index in [1.54, 1.807) is 56.3 Å². The number of phenols is 1. The van der Waals surface area contributed by atoms with Gasteiger partial charge in [0.05, 0.1) is 25.6 Å². The van der Waals surface area contributed by atoms with Crippen molar-refractivity contribution in [3.05, 3.63) is 65.7 Å². The Morgan fingerprint density at radius 1 is 0.675 bits per heavy atom. The number of nitrogens with zero attached hydrogens (tertiary/aromatic N) is 2. The molecule has 9 atom stereocenters. The lowest BCUT2D eigenvalue weighted by atomic mass is 10.0. The number of carboxylic acid groups (broad SMARTS) is 2. The number of aliphatic imine (C=N–C) groups is 1. The van der Waals surface area contributed by atoms with Gasteiger partial charge in [-0.25, -0.2) is 4.79 Å². The van der Waals surface area contributed by atoms with Crippen LogP contribution in [0.2, 0.25) is 0 Å². The first-order chi connectivity index (χ1) is 39.4. The van der Waals surface area contributed by atoms with Gasteiger partial charge < -0.3 is 90.8 Å². The van der Waals surface area contributed by atoms with Crippen molar-refractivity contribution in [1.29, 1.82) is 0 Å². The van der Waals surface area contributed by atoms with E-state index in [0.717, 1.165) is 4.90 Å². The Bertz CT molecular complexity index is 2560. The lowest BCUT2D eigenvalue weighted by Crippen LogP contribution is -2.61. The molecule has 0 spiro atoms. The molecule has 0 bridgehead atoms. The normalized spacial score (nSPS) is 15.7. The van der Waals surface area contributed by atoms with Gasteiger partial charge in [0.1, 0.15) is 54.1 Å². The number of aromatic hydroxyl groups is 1. The first-order valence-electron chi connectivity index (χ1n) is 27.1. The molecule has 0 aromatic heterocycles. The van der Waals surface area contributed by atoms with E-state index in [1.807, 2.05) is 0 Å². The van der Waals surface area contributed by atoms with Crippen LogP contribution in [0.15, 0.2) is 59.6 Å². The molecule has 1 aliphatic heterocycles. The van der Waals surface area contributed by atoms with Crippen LogP contribution >= 0.6 is 12.6 Å². The molecular weight excluding hydrogens is 1100 g/mol. The number of aliphatic hydroxyl groups is 1. The quantitative estimate of drug-likeness (QED) is 0.0133. The molecule has 2 aromatic rings. The molecule has 0 aliphatic carbocycles. The summed E-state index contributed by atoms with van der Waals surface area (Å²) in [4.78, 5) is 152. The van der Waals surface area contributed by atoms with Gasteiger partial charge >= 0.3 is 11.9 Å². The van der Waals surface area contributed by atoms with E-state index in [9.17, 15) is 73.2 Å². The van der Waals surface area contributed by atoms with Crippen LogP contribution in [-0.4, -0.2) is 189 Å². The van der Waals surface area contributed by atoms with Crippen molar-refractivity contribution >= 4 is 83.7 Å². The third-order valence-electron chi connectivity index (χ3n) is 13.0. The number of carboxylic acids is 2. The maximum atomic E-state index is 14.2. The number of unbranched alkanes of at least 4 members (excludes halogenated alkanes) is 1. The molecule has 29 nitrogen and oxygen atoms in total. The molecule has 9 amide bonds. The highest BCUT2D eigenvalue weighted by Crippen LogP contribution is 2.20. The van der Waals surface area contributed by atoms with Crippen LogP contribution in [0.5, 0.6) is 5.75 Å². The van der Waals surface area contributed by atoms with Gasteiger partial charge in [0.15, 0.2) is 5.96 Å². The van der Waals surface area contributed by atoms with E-state index in [2.05, 4.69) is 60.2 Å². The lowest BCUT2D eigenvalue weighted by molar-refractivity contribution is -0.143. The van der Waals surface area contributed by atoms with Crippen molar-refractivity contribution in [1.82, 2.24) is 47.4 Å². The van der Waals surface area contributed by atoms with Crippen LogP contribution in [0.1, 0.15) is 82.8 Å². The number of carbonyl (C=O) groups excluding carboxylic acids is 9. The fourth-order valence-corrected chi connectivity index (χ4v) is 8.95. The maximum absolute atomic E-state index is 14.2. The number of amides is 9. The molecule has 30 heteroatoms. The topological polar surface area (TPSA) is 485 Å². The van der Waals surface area contributed by atoms with Gasteiger partial charge in [0, 0.05) is 25.3 Å². The SMILES string of the molecule is CC(C)C[C@H](NC(=O)[C@@H]1CCCN1C(=O)[C@H](CS)NC(=O)[C@H](CC(=O)O)NC(=O)[C@H](CCCCN)NC(=O)[C@H](Cc1ccccc1)NC(=O)[C@H](CO)NC(=O)[C@@H](N)Cc1ccc(O)cc1)C(=O)NCC(=O)N[C@@H](CCCN=C(N)N)C(=O)O. The smallest absolute Gasteiger partial charge is 0.326 e. The van der Waals surface area contributed by atoms with Crippen LogP contribution in [0.4, 0.5) is 0 Å². The number of phenolic OH excluding ortho intramolecular Hbond substituents is 1. The van der Waals surface area contributed by atoms with E-state index < -0.39 is 139 Å². The summed E-state index contributed by atoms with van der Waals surface area (Å²) >= 11 is 4.26. The zero-order valence-electron chi connectivity index (χ0n) is 46.4. The number of nitrogens with one attached hydrogen (secondary N) is 8. The Morgan fingerprint density at radius 2 is 1.25 bits per heavy atom. The fraction of sp³-hybridized carbons (Fsp3) is 0.547. The monoisotopic (exact) mass is 1180 g/mol. The molecule has 2 aromatic carbocycles. The predicted octanol–water partition coefficient (Wildman–Crippen LogP) is -4.28. The highest BCUT2D eigenvalue weighted by molar-refractivity contribution is 7.80. The number of carbonyl (C=O) groups is 11. The molecule has 1 aliphatic rings. The second-order valence-electron chi connectivity index (χ2n) is 20.2. The number of hydrogen-bond donors (Lipinski definition) is 17. The molecular formula is C53H80N14O15S. The highest BCUT2D eigenvalue weighted by atomic mass is 32.1. The molecule has 83 heavy (non-hydrogen) atoms. The zero-order chi connectivity index (χ0) is 61.8. The summed E-state index contributed by atoms with van der Waals surface area (Å²) in [5.41, 5.74) is 23.5. The summed E-state index contributed by atoms with van der Waals surface area (Å²) in [5, 5.41) is 58.9. The van der Waals surface area contributed by atoms with Crippen molar-refractivity contribution < 1.29 is 73.2 Å². The van der Waals surface area contributed by atoms with E-state index in [-0.39, 0.29) is 94.4 Å². The van der Waals surface area contributed by atoms with E-state index >= 15 is 0 Å². The zero-order valence-corrected chi connectivity index (χ0v) is 47.3. The van der Waals surface area contributed by atoms with Crippen molar-refractivity contribution in [3.63, 3.8) is 0 Å². The van der Waals surface area contributed by atoms with Crippen LogP contribution < -0.4 is 65.5 Å². The van der Waals surface area contributed by atoms with Crippen LogP contribution in [0, 0.1) is 5.92 Å². The summed E-state index contributed by atoms with van der Waals surface area (Å²) < 4.78 is 0. The molecule has 0 radical (unpaired) electrons. The maximum Gasteiger partial charge on any atom is 0.326 e. The minimum Gasteiger partial charge on any atom is -0.508 e. The number of guanidine groups is 1. The fourth-order valence-electron chi connectivity index (χ4n) is 8.70. The second kappa shape index (κ2) is 35.7. The summed E-state index contributed by atoms with van der Waals surface area (Å²) in [6.45, 7) is 2.31. The summed E-state index contributed by atoms with van der Waals surface area (Å²) in [5.74, 6) is -11.7. The number of likely N-dealkylation sites (tertiary alicyclic amines) is 1. The van der Waals surface area contributed by atoms with Gasteiger partial charge in [-0.1, -0.05) is 56.3 Å². The van der Waals surface area contributed by atoms with Gasteiger partial charge in [-0.2, -0.15) is 12.6 Å². The van der Waals surface area contributed by atoms with Crippen LogP contribution in [0.3, 0.4) is 0 Å². The number of hydrogen-bond acceptors (Lipinski definition) is 17. The molecule has 0 unspecified atom stereocenters. The summed E-state index contributed by atoms with van der Waals surface area (Å²) in [7, 11) is 0. The van der Waals surface area contributed by atoms with Crippen molar-refractivity contribution in [2.45, 2.75) is 139 Å². The lowest BCUT2D eigenvalue weighted by Gasteiger charge is -2.30. The molecule has 458 valence electrons. The Morgan fingerprint density at radius 3 is 1.86 bits per heavy atom. The van der Waals surface area contributed by atoms with Crippen LogP contribution in [0.25, 0.3) is 0 Å². The number of aliphatic carboxylic acids is 2. The first kappa shape index (κ1) is 69.2. The van der Waals surface area contributed by atoms with Crippen LogP contribution in [-0.2, 0) is 65.6 Å². The average Bonchev–Trinajstić information content (AvgIpc) is 4.08. The predicted molar refractivity (Wildman–Crippen MR) is 304 cm³/mol. The minimum absolute atomic E-state index is 0.00500. The van der Waals surface area contributed by atoms with E-state index in [1.165, 1.54) is 12.1 Å². The van der Waals surface area contributed by atoms with E-state index in [4.69, 9.17) is 22.9 Å². The number of benzene rings is 2. The summed E-state index contributed by atoms with van der Waals surface area (Å²) in [6, 6.07) is 1.50. The molecule has 1 saturated heterocycles. The second-order valence-corrected chi connectivity index (χ2v) is 20.6. The number of nitrogens with two attached hydrogens (primary N) is 4. The first-order valence-corrected chi connectivity index (χ1v) is 27.7. The number of aliphatic hydroxyl groups excluding tert-OH is 1. The molecule has 1 heterocycles. The Labute approximate surface area is 485 Å². The number of rotatable bonds is 36. The van der Waals surface area contributed by atoms with Gasteiger partial charge in [0.25, 0.3) is 0 Å². The molecule has 20 N–H and O–H groups in total. The van der Waals surface area contributed by atoms with Crippen molar-refractivity contribution in [2.75, 3.05) is 38.5 Å². The Balaban J connectivity index is 1.76. The highest BCUT2D eigenvalue weighted by Gasteiger charge is 2.40. The summed E-state index contributed by atoms with van der Waals surface area (Å²) in [6.07, 6.45) is 0.0749. The van der Waals surface area contributed by atoms with E-state index in [0.29, 0.717) is 24.0 Å². The average molecular weight is 1190 g/mol. The van der Waals surface area contributed by atoms with Gasteiger partial charge in [-0.3, -0.25) is 52.9 Å². The number of thiol groups is 1. The van der Waals surface area contributed by atoms with Crippen molar-refractivity contribution in [3.8, 4) is 5.75 Å². The molecule has 0 saturated carbocycles. The third kappa shape index (κ3) is 24.5. The molecule has 1 fully saturated rings. The van der Waals surface area contributed by atoms with Crippen molar-refractivity contribution in [2.24, 2.45) is 33.8 Å². The molecule has 3 rings (SSSR count). The Hall–Kier alpha value is -8.09. The van der Waals surface area contributed by atoms with Gasteiger partial charge in [-0.15, -0.1) is 0 Å². The Kier molecular flexibility index (Phi) is 29.8. The van der Waals surface area contributed by atoms with Gasteiger partial charge in [-0.05, 0) is 93.5 Å². The minimum atomic E-state index is -1.86.